The van der Waals surface area contributed by atoms with Gasteiger partial charge in [-0.2, -0.15) is 0 Å². The highest BCUT2D eigenvalue weighted by Crippen LogP contribution is 2.13. The van der Waals surface area contributed by atoms with Crippen LogP contribution in [0.25, 0.3) is 0 Å². The molecule has 0 spiro atoms. The highest BCUT2D eigenvalue weighted by atomic mass is 79.9. The lowest BCUT2D eigenvalue weighted by Gasteiger charge is -2.14. The minimum atomic E-state index is -0.199. The number of amides is 1. The number of esters is 1. The zero-order chi connectivity index (χ0) is 16.1. The minimum absolute atomic E-state index is 0.0182. The number of halogens is 1. The average molecular weight is 364 g/mol. The Morgan fingerprint density at radius 3 is 2.00 bits per heavy atom. The Kier molecular flexibility index (Phi) is 12.7. The fourth-order valence-corrected chi connectivity index (χ4v) is 2.62. The van der Waals surface area contributed by atoms with Crippen LogP contribution in [0.15, 0.2) is 0 Å². The fourth-order valence-electron chi connectivity index (χ4n) is 2.16. The number of nitrogens with zero attached hydrogens (tertiary/aromatic N) is 1. The molecule has 0 radical (unpaired) electrons. The van der Waals surface area contributed by atoms with Gasteiger partial charge in [-0.05, 0) is 19.3 Å². The molecule has 0 aromatic heterocycles. The smallest absolute Gasteiger partial charge is 0.302 e. The van der Waals surface area contributed by atoms with Crippen molar-refractivity contribution in [2.75, 3.05) is 18.9 Å². The SMILES string of the molecule is CC(=O)OC(CBr)CCCCCCCCCN(C)C(C)=O. The number of hydrogen-bond donors (Lipinski definition) is 0. The normalized spacial score (nSPS) is 12.0. The van der Waals surface area contributed by atoms with Crippen molar-refractivity contribution >= 4 is 27.8 Å². The number of unbranched alkanes of at least 4 members (excludes halogenated alkanes) is 6. The lowest BCUT2D eigenvalue weighted by atomic mass is 10.1. The number of hydrogen-bond acceptors (Lipinski definition) is 3. The van der Waals surface area contributed by atoms with Crippen molar-refractivity contribution in [3.8, 4) is 0 Å². The summed E-state index contributed by atoms with van der Waals surface area (Å²) in [5.41, 5.74) is 0. The highest BCUT2D eigenvalue weighted by molar-refractivity contribution is 9.09. The molecule has 5 heteroatoms. The van der Waals surface area contributed by atoms with Crippen molar-refractivity contribution in [1.82, 2.24) is 4.90 Å². The van der Waals surface area contributed by atoms with Crippen molar-refractivity contribution in [3.05, 3.63) is 0 Å². The summed E-state index contributed by atoms with van der Waals surface area (Å²) in [5.74, 6) is -0.0564. The van der Waals surface area contributed by atoms with Gasteiger partial charge in [0.15, 0.2) is 0 Å². The van der Waals surface area contributed by atoms with Crippen molar-refractivity contribution in [2.24, 2.45) is 0 Å². The van der Waals surface area contributed by atoms with Gasteiger partial charge in [-0.25, -0.2) is 0 Å². The van der Waals surface area contributed by atoms with Crippen LogP contribution in [-0.2, 0) is 14.3 Å². The van der Waals surface area contributed by atoms with E-state index in [1.807, 2.05) is 7.05 Å². The second kappa shape index (κ2) is 13.1. The van der Waals surface area contributed by atoms with Gasteiger partial charge in [0, 0.05) is 32.8 Å². The molecule has 124 valence electrons. The van der Waals surface area contributed by atoms with E-state index in [-0.39, 0.29) is 18.0 Å². The largest absolute Gasteiger partial charge is 0.462 e. The Morgan fingerprint density at radius 1 is 1.00 bits per heavy atom. The van der Waals surface area contributed by atoms with Crippen LogP contribution in [0.5, 0.6) is 0 Å². The van der Waals surface area contributed by atoms with E-state index in [9.17, 15) is 9.59 Å². The van der Waals surface area contributed by atoms with Crippen LogP contribution in [0.3, 0.4) is 0 Å². The summed E-state index contributed by atoms with van der Waals surface area (Å²) in [7, 11) is 1.85. The molecule has 0 N–H and O–H groups in total. The topological polar surface area (TPSA) is 46.6 Å². The van der Waals surface area contributed by atoms with Crippen LogP contribution in [0.2, 0.25) is 0 Å². The highest BCUT2D eigenvalue weighted by Gasteiger charge is 2.09. The van der Waals surface area contributed by atoms with Gasteiger partial charge in [0.2, 0.25) is 5.91 Å². The Morgan fingerprint density at radius 2 is 1.52 bits per heavy atom. The Labute approximate surface area is 137 Å². The number of rotatable bonds is 12. The molecule has 0 aromatic rings. The molecule has 0 heterocycles. The molecule has 0 rings (SSSR count). The van der Waals surface area contributed by atoms with E-state index in [1.165, 1.54) is 39.0 Å². The molecule has 0 fully saturated rings. The van der Waals surface area contributed by atoms with E-state index in [0.717, 1.165) is 31.1 Å². The van der Waals surface area contributed by atoms with Gasteiger partial charge in [-0.3, -0.25) is 9.59 Å². The predicted molar refractivity (Wildman–Crippen MR) is 89.6 cm³/mol. The molecule has 4 nitrogen and oxygen atoms in total. The minimum Gasteiger partial charge on any atom is -0.462 e. The first-order chi connectivity index (χ1) is 9.97. The summed E-state index contributed by atoms with van der Waals surface area (Å²) in [4.78, 5) is 23.7. The third kappa shape index (κ3) is 12.8. The van der Waals surface area contributed by atoms with E-state index >= 15 is 0 Å². The Hall–Kier alpha value is -0.580. The third-order valence-electron chi connectivity index (χ3n) is 3.56. The fraction of sp³-hybridized carbons (Fsp3) is 0.875. The zero-order valence-electron chi connectivity index (χ0n) is 13.7. The van der Waals surface area contributed by atoms with E-state index in [2.05, 4.69) is 15.9 Å². The van der Waals surface area contributed by atoms with Crippen LogP contribution >= 0.6 is 15.9 Å². The lowest BCUT2D eigenvalue weighted by molar-refractivity contribution is -0.145. The molecule has 1 amide bonds. The number of alkyl halides is 1. The molecule has 0 saturated carbocycles. The van der Waals surface area contributed by atoms with Crippen molar-refractivity contribution in [1.29, 1.82) is 0 Å². The van der Waals surface area contributed by atoms with Gasteiger partial charge in [0.05, 0.1) is 0 Å². The first-order valence-corrected chi connectivity index (χ1v) is 9.04. The number of carbonyl (C=O) groups excluding carboxylic acids is 2. The van der Waals surface area contributed by atoms with Crippen LogP contribution in [0, 0.1) is 0 Å². The molecule has 0 saturated heterocycles. The first kappa shape index (κ1) is 20.4. The summed E-state index contributed by atoms with van der Waals surface area (Å²) < 4.78 is 5.18. The number of ether oxygens (including phenoxy) is 1. The molecule has 0 aliphatic carbocycles. The second-order valence-corrected chi connectivity index (χ2v) is 6.24. The molecule has 0 bridgehead atoms. The Balaban J connectivity index is 3.36. The van der Waals surface area contributed by atoms with Crippen molar-refractivity contribution < 1.29 is 14.3 Å². The molecule has 0 aromatic carbocycles. The van der Waals surface area contributed by atoms with Crippen LogP contribution in [0.1, 0.15) is 65.2 Å². The van der Waals surface area contributed by atoms with Crippen LogP contribution in [0.4, 0.5) is 0 Å². The molecule has 0 aliphatic heterocycles. The summed E-state index contributed by atoms with van der Waals surface area (Å²) >= 11 is 3.37. The molecule has 1 unspecified atom stereocenters. The van der Waals surface area contributed by atoms with E-state index in [4.69, 9.17) is 4.74 Å². The van der Waals surface area contributed by atoms with Gasteiger partial charge in [-0.1, -0.05) is 48.0 Å². The first-order valence-electron chi connectivity index (χ1n) is 7.92. The van der Waals surface area contributed by atoms with Gasteiger partial charge >= 0.3 is 5.97 Å². The standard InChI is InChI=1S/C16H30BrNO3/c1-14(19)18(3)12-10-8-6-4-5-7-9-11-16(13-17)21-15(2)20/h16H,4-13H2,1-3H3. The maximum Gasteiger partial charge on any atom is 0.302 e. The number of carbonyl (C=O) groups is 2. The van der Waals surface area contributed by atoms with Crippen LogP contribution in [-0.4, -0.2) is 41.8 Å². The molecule has 0 aliphatic rings. The van der Waals surface area contributed by atoms with Crippen LogP contribution < -0.4 is 0 Å². The monoisotopic (exact) mass is 363 g/mol. The van der Waals surface area contributed by atoms with Crippen molar-refractivity contribution in [2.45, 2.75) is 71.3 Å². The summed E-state index contributed by atoms with van der Waals surface area (Å²) in [6, 6.07) is 0. The van der Waals surface area contributed by atoms with E-state index in [0.29, 0.717) is 0 Å². The van der Waals surface area contributed by atoms with Crippen molar-refractivity contribution in [3.63, 3.8) is 0 Å². The zero-order valence-corrected chi connectivity index (χ0v) is 15.3. The lowest BCUT2D eigenvalue weighted by Crippen LogP contribution is -2.24. The van der Waals surface area contributed by atoms with Gasteiger partial charge in [-0.15, -0.1) is 0 Å². The molecule has 1 atom stereocenters. The van der Waals surface area contributed by atoms with E-state index in [1.54, 1.807) is 11.8 Å². The third-order valence-corrected chi connectivity index (χ3v) is 4.28. The maximum atomic E-state index is 11.0. The predicted octanol–water partition coefficient (Wildman–Crippen LogP) is 3.91. The van der Waals surface area contributed by atoms with Gasteiger partial charge in [0.25, 0.3) is 0 Å². The summed E-state index contributed by atoms with van der Waals surface area (Å²) in [6.07, 6.45) is 9.25. The van der Waals surface area contributed by atoms with Gasteiger partial charge < -0.3 is 9.64 Å². The average Bonchev–Trinajstić information content (AvgIpc) is 2.43. The molecular weight excluding hydrogens is 334 g/mol. The molecule has 21 heavy (non-hydrogen) atoms. The summed E-state index contributed by atoms with van der Waals surface area (Å²) in [5, 5.41) is 0.718. The Bertz CT molecular complexity index is 297. The maximum absolute atomic E-state index is 11.0. The van der Waals surface area contributed by atoms with E-state index < -0.39 is 0 Å². The second-order valence-electron chi connectivity index (χ2n) is 5.59. The van der Waals surface area contributed by atoms with Gasteiger partial charge in [0.1, 0.15) is 6.10 Å². The summed E-state index contributed by atoms with van der Waals surface area (Å²) in [6.45, 7) is 3.93. The quantitative estimate of drug-likeness (QED) is 0.300. The molecular formula is C16H30BrNO3.